The summed E-state index contributed by atoms with van der Waals surface area (Å²) in [7, 11) is 0. The van der Waals surface area contributed by atoms with Crippen LogP contribution in [0.2, 0.25) is 0 Å². The summed E-state index contributed by atoms with van der Waals surface area (Å²) in [6, 6.07) is 13.0. The molecule has 0 radical (unpaired) electrons. The lowest BCUT2D eigenvalue weighted by molar-refractivity contribution is -0.137. The highest BCUT2D eigenvalue weighted by molar-refractivity contribution is 5.85. The fraction of sp³-hybridized carbons (Fsp3) is 0.263. The lowest BCUT2D eigenvalue weighted by Crippen LogP contribution is -2.05. The molecule has 2 aromatic carbocycles. The van der Waals surface area contributed by atoms with Gasteiger partial charge in [0.1, 0.15) is 0 Å². The van der Waals surface area contributed by atoms with Crippen molar-refractivity contribution in [1.82, 2.24) is 10.1 Å². The lowest BCUT2D eigenvalue weighted by atomic mass is 10.1. The van der Waals surface area contributed by atoms with Crippen molar-refractivity contribution >= 4 is 12.4 Å². The minimum atomic E-state index is -4.34. The summed E-state index contributed by atoms with van der Waals surface area (Å²) in [6.45, 7) is 0.457. The van der Waals surface area contributed by atoms with Gasteiger partial charge in [0.25, 0.3) is 0 Å². The van der Waals surface area contributed by atoms with Gasteiger partial charge in [-0.1, -0.05) is 47.6 Å². The maximum atomic E-state index is 12.9. The summed E-state index contributed by atoms with van der Waals surface area (Å²) in [6.07, 6.45) is -3.64. The van der Waals surface area contributed by atoms with Crippen molar-refractivity contribution in [2.45, 2.75) is 31.0 Å². The molecule has 8 heteroatoms. The molecule has 0 aliphatic heterocycles. The predicted molar refractivity (Wildman–Crippen MR) is 96.4 cm³/mol. The Bertz CT molecular complexity index is 924. The fourth-order valence-electron chi connectivity index (χ4n) is 3.07. The molecule has 0 bridgehead atoms. The van der Waals surface area contributed by atoms with Crippen LogP contribution in [0.1, 0.15) is 40.8 Å². The van der Waals surface area contributed by atoms with Crippen molar-refractivity contribution < 1.29 is 17.7 Å². The van der Waals surface area contributed by atoms with Crippen molar-refractivity contribution in [1.29, 1.82) is 0 Å². The zero-order chi connectivity index (χ0) is 18.3. The van der Waals surface area contributed by atoms with E-state index in [1.54, 1.807) is 6.07 Å². The number of alkyl halides is 3. The van der Waals surface area contributed by atoms with Crippen LogP contribution in [0.25, 0.3) is 11.4 Å². The van der Waals surface area contributed by atoms with Crippen molar-refractivity contribution in [2.75, 3.05) is 0 Å². The molecule has 0 spiro atoms. The average molecular weight is 396 g/mol. The SMILES string of the molecule is Cl.NCc1ccc(-c2noc(C3CC3c3cccc(C(F)(F)F)c3)n2)cc1. The van der Waals surface area contributed by atoms with Crippen molar-refractivity contribution in [3.63, 3.8) is 0 Å². The number of aromatic nitrogens is 2. The smallest absolute Gasteiger partial charge is 0.339 e. The third-order valence-corrected chi connectivity index (χ3v) is 4.64. The molecule has 2 N–H and O–H groups in total. The summed E-state index contributed by atoms with van der Waals surface area (Å²) in [5.74, 6) is 0.872. The molecule has 0 amide bonds. The molecule has 1 aromatic heterocycles. The van der Waals surface area contributed by atoms with Crippen LogP contribution >= 0.6 is 12.4 Å². The number of halogens is 4. The van der Waals surface area contributed by atoms with E-state index >= 15 is 0 Å². The lowest BCUT2D eigenvalue weighted by Gasteiger charge is -2.08. The Kier molecular flexibility index (Phi) is 5.26. The standard InChI is InChI=1S/C19H16F3N3O.ClH/c20-19(21,22)14-3-1-2-13(8-14)15-9-16(15)18-24-17(25-26-18)12-6-4-11(10-23)5-7-12;/h1-8,15-16H,9-10,23H2;1H. The summed E-state index contributed by atoms with van der Waals surface area (Å²) in [4.78, 5) is 4.41. The Morgan fingerprint density at radius 1 is 1.07 bits per heavy atom. The molecule has 1 fully saturated rings. The number of benzene rings is 2. The van der Waals surface area contributed by atoms with E-state index in [2.05, 4.69) is 10.1 Å². The van der Waals surface area contributed by atoms with E-state index in [9.17, 15) is 13.2 Å². The van der Waals surface area contributed by atoms with Crippen LogP contribution in [0.15, 0.2) is 53.1 Å². The molecule has 1 aliphatic carbocycles. The minimum Gasteiger partial charge on any atom is -0.339 e. The molecular weight excluding hydrogens is 379 g/mol. The molecule has 3 aromatic rings. The first-order valence-electron chi connectivity index (χ1n) is 8.26. The second-order valence-corrected chi connectivity index (χ2v) is 6.43. The van der Waals surface area contributed by atoms with E-state index in [1.165, 1.54) is 12.1 Å². The van der Waals surface area contributed by atoms with Crippen molar-refractivity contribution in [3.05, 3.63) is 71.1 Å². The van der Waals surface area contributed by atoms with Gasteiger partial charge < -0.3 is 10.3 Å². The first-order chi connectivity index (χ1) is 12.5. The van der Waals surface area contributed by atoms with Gasteiger partial charge in [-0.2, -0.15) is 18.2 Å². The molecule has 0 saturated heterocycles. The number of nitrogens with zero attached hydrogens (tertiary/aromatic N) is 2. The summed E-state index contributed by atoms with van der Waals surface area (Å²) in [5, 5.41) is 3.99. The van der Waals surface area contributed by atoms with E-state index in [-0.39, 0.29) is 24.2 Å². The molecular formula is C19H17ClF3N3O. The maximum absolute atomic E-state index is 12.9. The number of hydrogen-bond donors (Lipinski definition) is 1. The Balaban J connectivity index is 0.00000210. The van der Waals surface area contributed by atoms with Gasteiger partial charge in [-0.3, -0.25) is 0 Å². The first-order valence-corrected chi connectivity index (χ1v) is 8.26. The molecule has 1 aliphatic rings. The van der Waals surface area contributed by atoms with Gasteiger partial charge in [0.2, 0.25) is 11.7 Å². The van der Waals surface area contributed by atoms with E-state index in [4.69, 9.17) is 10.3 Å². The van der Waals surface area contributed by atoms with E-state index < -0.39 is 11.7 Å². The molecule has 4 nitrogen and oxygen atoms in total. The summed E-state index contributed by atoms with van der Waals surface area (Å²) in [5.41, 5.74) is 7.41. The van der Waals surface area contributed by atoms with Gasteiger partial charge in [-0.05, 0) is 29.5 Å². The highest BCUT2D eigenvalue weighted by Crippen LogP contribution is 2.54. The van der Waals surface area contributed by atoms with Crippen LogP contribution in [0.3, 0.4) is 0 Å². The van der Waals surface area contributed by atoms with Gasteiger partial charge in [0, 0.05) is 18.0 Å². The third kappa shape index (κ3) is 3.99. The van der Waals surface area contributed by atoms with Gasteiger partial charge in [0.05, 0.1) is 5.56 Å². The Morgan fingerprint density at radius 2 is 1.81 bits per heavy atom. The zero-order valence-corrected chi connectivity index (χ0v) is 14.9. The van der Waals surface area contributed by atoms with Gasteiger partial charge in [-0.15, -0.1) is 12.4 Å². The zero-order valence-electron chi connectivity index (χ0n) is 14.1. The molecule has 142 valence electrons. The molecule has 2 unspecified atom stereocenters. The van der Waals surface area contributed by atoms with Crippen molar-refractivity contribution in [3.8, 4) is 11.4 Å². The average Bonchev–Trinajstić information content (AvgIpc) is 3.30. The predicted octanol–water partition coefficient (Wildman–Crippen LogP) is 4.91. The van der Waals surface area contributed by atoms with Gasteiger partial charge in [-0.25, -0.2) is 0 Å². The first kappa shape index (κ1) is 19.4. The fourth-order valence-corrected chi connectivity index (χ4v) is 3.07. The molecule has 2 atom stereocenters. The van der Waals surface area contributed by atoms with Crippen LogP contribution in [0.5, 0.6) is 0 Å². The second-order valence-electron chi connectivity index (χ2n) is 6.43. The molecule has 27 heavy (non-hydrogen) atoms. The highest BCUT2D eigenvalue weighted by Gasteiger charge is 2.44. The number of rotatable bonds is 4. The molecule has 4 rings (SSSR count). The Labute approximate surface area is 160 Å². The maximum Gasteiger partial charge on any atom is 0.416 e. The monoisotopic (exact) mass is 395 g/mol. The van der Waals surface area contributed by atoms with E-state index in [0.717, 1.165) is 17.2 Å². The third-order valence-electron chi connectivity index (χ3n) is 4.64. The highest BCUT2D eigenvalue weighted by atomic mass is 35.5. The van der Waals surface area contributed by atoms with Crippen LogP contribution in [-0.2, 0) is 12.7 Å². The quantitative estimate of drug-likeness (QED) is 0.681. The van der Waals surface area contributed by atoms with E-state index in [0.29, 0.717) is 30.2 Å². The summed E-state index contributed by atoms with van der Waals surface area (Å²) < 4.78 is 43.9. The van der Waals surface area contributed by atoms with Crippen LogP contribution in [0.4, 0.5) is 13.2 Å². The topological polar surface area (TPSA) is 64.9 Å². The Morgan fingerprint density at radius 3 is 2.48 bits per heavy atom. The normalized spacial score (nSPS) is 18.8. The summed E-state index contributed by atoms with van der Waals surface area (Å²) >= 11 is 0. The largest absolute Gasteiger partial charge is 0.416 e. The minimum absolute atomic E-state index is 0. The van der Waals surface area contributed by atoms with Crippen LogP contribution < -0.4 is 5.73 Å². The van der Waals surface area contributed by atoms with Gasteiger partial charge in [0.15, 0.2) is 0 Å². The Hall–Kier alpha value is -2.38. The number of hydrogen-bond acceptors (Lipinski definition) is 4. The molecule has 1 saturated carbocycles. The van der Waals surface area contributed by atoms with Crippen LogP contribution in [0, 0.1) is 0 Å². The second kappa shape index (κ2) is 7.32. The van der Waals surface area contributed by atoms with Crippen LogP contribution in [-0.4, -0.2) is 10.1 Å². The number of nitrogens with two attached hydrogens (primary N) is 1. The molecule has 1 heterocycles. The van der Waals surface area contributed by atoms with Gasteiger partial charge >= 0.3 is 6.18 Å². The van der Waals surface area contributed by atoms with Crippen molar-refractivity contribution in [2.24, 2.45) is 5.73 Å². The van der Waals surface area contributed by atoms with E-state index in [1.807, 2.05) is 24.3 Å².